The van der Waals surface area contributed by atoms with Crippen molar-refractivity contribution in [1.82, 2.24) is 15.2 Å². The van der Waals surface area contributed by atoms with Crippen molar-refractivity contribution < 1.29 is 4.79 Å². The van der Waals surface area contributed by atoms with Crippen LogP contribution in [0.3, 0.4) is 0 Å². The molecule has 1 aromatic heterocycles. The van der Waals surface area contributed by atoms with Crippen LogP contribution in [0.1, 0.15) is 17.3 Å². The largest absolute Gasteiger partial charge is 0.333 e. The monoisotopic (exact) mass is 315 g/mol. The number of nitrogens with one attached hydrogen (secondary N) is 1. The zero-order valence-electron chi connectivity index (χ0n) is 12.4. The van der Waals surface area contributed by atoms with Gasteiger partial charge in [0.05, 0.1) is 5.56 Å². The van der Waals surface area contributed by atoms with Gasteiger partial charge in [-0.3, -0.25) is 9.78 Å². The number of benzene rings is 1. The van der Waals surface area contributed by atoms with E-state index in [0.29, 0.717) is 10.6 Å². The Kier molecular flexibility index (Phi) is 4.41. The number of amides is 1. The maximum atomic E-state index is 12.7. The van der Waals surface area contributed by atoms with Gasteiger partial charge in [0, 0.05) is 48.7 Å². The number of aromatic nitrogens is 1. The Morgan fingerprint density at radius 1 is 1.27 bits per heavy atom. The molecule has 1 saturated heterocycles. The SMILES string of the molecule is C[C@@H]1CNCCN1C(=O)c1cncc(-c2ccc(Cl)cc2)c1. The van der Waals surface area contributed by atoms with Crippen LogP contribution in [-0.2, 0) is 0 Å². The van der Waals surface area contributed by atoms with Gasteiger partial charge >= 0.3 is 0 Å². The van der Waals surface area contributed by atoms with Crippen LogP contribution in [0.15, 0.2) is 42.7 Å². The molecule has 1 aromatic carbocycles. The van der Waals surface area contributed by atoms with E-state index in [1.807, 2.05) is 35.2 Å². The van der Waals surface area contributed by atoms with Crippen molar-refractivity contribution in [3.63, 3.8) is 0 Å². The molecule has 0 unspecified atom stereocenters. The minimum absolute atomic E-state index is 0.0392. The molecule has 114 valence electrons. The lowest BCUT2D eigenvalue weighted by molar-refractivity contribution is 0.0655. The molecule has 1 atom stereocenters. The minimum atomic E-state index is 0.0392. The molecule has 1 N–H and O–H groups in total. The number of halogens is 1. The van der Waals surface area contributed by atoms with E-state index in [1.165, 1.54) is 0 Å². The van der Waals surface area contributed by atoms with Crippen molar-refractivity contribution in [2.24, 2.45) is 0 Å². The molecular weight excluding hydrogens is 298 g/mol. The fourth-order valence-electron chi connectivity index (χ4n) is 2.67. The van der Waals surface area contributed by atoms with Crippen LogP contribution in [0.25, 0.3) is 11.1 Å². The number of hydrogen-bond donors (Lipinski definition) is 1. The van der Waals surface area contributed by atoms with E-state index < -0.39 is 0 Å². The fraction of sp³-hybridized carbons (Fsp3) is 0.294. The molecule has 0 radical (unpaired) electrons. The molecule has 1 aliphatic heterocycles. The minimum Gasteiger partial charge on any atom is -0.333 e. The first-order valence-electron chi connectivity index (χ1n) is 7.38. The topological polar surface area (TPSA) is 45.2 Å². The average molecular weight is 316 g/mol. The van der Waals surface area contributed by atoms with Crippen molar-refractivity contribution in [3.05, 3.63) is 53.3 Å². The quantitative estimate of drug-likeness (QED) is 0.927. The molecule has 0 bridgehead atoms. The van der Waals surface area contributed by atoms with Gasteiger partial charge in [-0.25, -0.2) is 0 Å². The summed E-state index contributed by atoms with van der Waals surface area (Å²) in [5.74, 6) is 0.0392. The van der Waals surface area contributed by atoms with Crippen molar-refractivity contribution in [2.75, 3.05) is 19.6 Å². The van der Waals surface area contributed by atoms with E-state index in [9.17, 15) is 4.79 Å². The summed E-state index contributed by atoms with van der Waals surface area (Å²) < 4.78 is 0. The Balaban J connectivity index is 1.87. The molecule has 1 fully saturated rings. The Hall–Kier alpha value is -1.91. The lowest BCUT2D eigenvalue weighted by Crippen LogP contribution is -2.52. The molecule has 0 aliphatic carbocycles. The van der Waals surface area contributed by atoms with E-state index in [0.717, 1.165) is 30.8 Å². The molecule has 0 saturated carbocycles. The van der Waals surface area contributed by atoms with Crippen LogP contribution in [-0.4, -0.2) is 41.5 Å². The first-order valence-corrected chi connectivity index (χ1v) is 7.75. The first-order chi connectivity index (χ1) is 10.6. The third kappa shape index (κ3) is 3.13. The number of nitrogens with zero attached hydrogens (tertiary/aromatic N) is 2. The van der Waals surface area contributed by atoms with Gasteiger partial charge in [-0.15, -0.1) is 0 Å². The van der Waals surface area contributed by atoms with Gasteiger partial charge in [0.1, 0.15) is 0 Å². The normalized spacial score (nSPS) is 18.3. The zero-order valence-corrected chi connectivity index (χ0v) is 13.2. The maximum Gasteiger partial charge on any atom is 0.255 e. The van der Waals surface area contributed by atoms with Crippen LogP contribution >= 0.6 is 11.6 Å². The van der Waals surface area contributed by atoms with E-state index in [1.54, 1.807) is 12.4 Å². The van der Waals surface area contributed by atoms with Gasteiger partial charge in [-0.2, -0.15) is 0 Å². The summed E-state index contributed by atoms with van der Waals surface area (Å²) in [7, 11) is 0. The van der Waals surface area contributed by atoms with E-state index >= 15 is 0 Å². The third-order valence-corrected chi connectivity index (χ3v) is 4.18. The number of rotatable bonds is 2. The molecule has 22 heavy (non-hydrogen) atoms. The fourth-order valence-corrected chi connectivity index (χ4v) is 2.79. The standard InChI is InChI=1S/C17H18ClN3O/c1-12-9-19-6-7-21(12)17(22)15-8-14(10-20-11-15)13-2-4-16(18)5-3-13/h2-5,8,10-12,19H,6-7,9H2,1H3/t12-/m1/s1. The number of piperazine rings is 1. The molecule has 1 amide bonds. The molecule has 0 spiro atoms. The number of hydrogen-bond acceptors (Lipinski definition) is 3. The van der Waals surface area contributed by atoms with E-state index in [-0.39, 0.29) is 11.9 Å². The first kappa shape index (κ1) is 15.0. The van der Waals surface area contributed by atoms with Gasteiger partial charge in [0.25, 0.3) is 5.91 Å². The Morgan fingerprint density at radius 2 is 2.05 bits per heavy atom. The summed E-state index contributed by atoms with van der Waals surface area (Å²) >= 11 is 5.92. The van der Waals surface area contributed by atoms with Crippen LogP contribution < -0.4 is 5.32 Å². The van der Waals surface area contributed by atoms with Gasteiger partial charge in [0.2, 0.25) is 0 Å². The summed E-state index contributed by atoms with van der Waals surface area (Å²) in [5, 5.41) is 3.98. The predicted octanol–water partition coefficient (Wildman–Crippen LogP) is 2.84. The van der Waals surface area contributed by atoms with Gasteiger partial charge in [0.15, 0.2) is 0 Å². The second-order valence-corrected chi connectivity index (χ2v) is 5.96. The van der Waals surface area contributed by atoms with Crippen LogP contribution in [0.5, 0.6) is 0 Å². The molecule has 5 heteroatoms. The van der Waals surface area contributed by atoms with Gasteiger partial charge in [-0.05, 0) is 30.7 Å². The number of carbonyl (C=O) groups is 1. The number of pyridine rings is 1. The van der Waals surface area contributed by atoms with Crippen LogP contribution in [0.4, 0.5) is 0 Å². The molecule has 4 nitrogen and oxygen atoms in total. The highest BCUT2D eigenvalue weighted by molar-refractivity contribution is 6.30. The molecule has 2 heterocycles. The second kappa shape index (κ2) is 6.46. The van der Waals surface area contributed by atoms with E-state index in [4.69, 9.17) is 11.6 Å². The Bertz CT molecular complexity index is 672. The van der Waals surface area contributed by atoms with Crippen molar-refractivity contribution in [1.29, 1.82) is 0 Å². The lowest BCUT2D eigenvalue weighted by Gasteiger charge is -2.34. The summed E-state index contributed by atoms with van der Waals surface area (Å²) in [6.45, 7) is 4.45. The van der Waals surface area contributed by atoms with Crippen molar-refractivity contribution >= 4 is 17.5 Å². The average Bonchev–Trinajstić information content (AvgIpc) is 2.55. The molecule has 3 rings (SSSR count). The Labute approximate surface area is 135 Å². The third-order valence-electron chi connectivity index (χ3n) is 3.92. The highest BCUT2D eigenvalue weighted by atomic mass is 35.5. The van der Waals surface area contributed by atoms with E-state index in [2.05, 4.69) is 17.2 Å². The second-order valence-electron chi connectivity index (χ2n) is 5.52. The summed E-state index contributed by atoms with van der Waals surface area (Å²) in [4.78, 5) is 18.8. The van der Waals surface area contributed by atoms with Gasteiger partial charge < -0.3 is 10.2 Å². The summed E-state index contributed by atoms with van der Waals surface area (Å²) in [6, 6.07) is 9.63. The predicted molar refractivity (Wildman–Crippen MR) is 88.1 cm³/mol. The maximum absolute atomic E-state index is 12.7. The van der Waals surface area contributed by atoms with Gasteiger partial charge in [-0.1, -0.05) is 23.7 Å². The van der Waals surface area contributed by atoms with Crippen molar-refractivity contribution in [2.45, 2.75) is 13.0 Å². The smallest absolute Gasteiger partial charge is 0.255 e. The lowest BCUT2D eigenvalue weighted by atomic mass is 10.1. The highest BCUT2D eigenvalue weighted by Gasteiger charge is 2.24. The molecular formula is C17H18ClN3O. The number of carbonyl (C=O) groups excluding carboxylic acids is 1. The zero-order chi connectivity index (χ0) is 15.5. The molecule has 1 aliphatic rings. The van der Waals surface area contributed by atoms with Crippen molar-refractivity contribution in [3.8, 4) is 11.1 Å². The summed E-state index contributed by atoms with van der Waals surface area (Å²) in [5.41, 5.74) is 2.55. The van der Waals surface area contributed by atoms with Crippen LogP contribution in [0.2, 0.25) is 5.02 Å². The highest BCUT2D eigenvalue weighted by Crippen LogP contribution is 2.22. The molecule has 2 aromatic rings. The Morgan fingerprint density at radius 3 is 2.77 bits per heavy atom. The van der Waals surface area contributed by atoms with Crippen LogP contribution in [0, 0.1) is 0 Å². The summed E-state index contributed by atoms with van der Waals surface area (Å²) in [6.07, 6.45) is 3.40.